The molecule has 2 aromatic rings. The summed E-state index contributed by atoms with van der Waals surface area (Å²) in [5, 5.41) is 6.37. The van der Waals surface area contributed by atoms with Crippen LogP contribution in [0, 0.1) is 0 Å². The van der Waals surface area contributed by atoms with Crippen LogP contribution < -0.4 is 0 Å². The number of aldehydes is 1. The fourth-order valence-corrected chi connectivity index (χ4v) is 1.99. The van der Waals surface area contributed by atoms with Gasteiger partial charge in [-0.15, -0.1) is 11.3 Å². The summed E-state index contributed by atoms with van der Waals surface area (Å²) in [6.07, 6.45) is 2.78. The van der Waals surface area contributed by atoms with Crippen molar-refractivity contribution >= 4 is 17.6 Å². The predicted octanol–water partition coefficient (Wildman–Crippen LogP) is 2.87. The van der Waals surface area contributed by atoms with Gasteiger partial charge in [0.2, 0.25) is 0 Å². The topological polar surface area (TPSA) is 34.9 Å². The molecule has 4 heteroatoms. The highest BCUT2D eigenvalue weighted by Gasteiger charge is 2.06. The normalized spacial score (nSPS) is 10.9. The van der Waals surface area contributed by atoms with Gasteiger partial charge in [0.25, 0.3) is 0 Å². The van der Waals surface area contributed by atoms with Gasteiger partial charge < -0.3 is 0 Å². The molecule has 0 aliphatic rings. The Balaban J connectivity index is 2.32. The van der Waals surface area contributed by atoms with E-state index in [9.17, 15) is 4.79 Å². The summed E-state index contributed by atoms with van der Waals surface area (Å²) in [6, 6.07) is 3.84. The number of carbonyl (C=O) groups excluding carboxylic acids is 1. The third-order valence-electron chi connectivity index (χ3n) is 2.19. The zero-order chi connectivity index (χ0) is 10.8. The molecule has 0 aliphatic carbocycles. The van der Waals surface area contributed by atoms with E-state index in [4.69, 9.17) is 0 Å². The maximum Gasteiger partial charge on any atom is 0.160 e. The third kappa shape index (κ3) is 1.99. The van der Waals surface area contributed by atoms with Gasteiger partial charge in [-0.1, -0.05) is 13.8 Å². The molecule has 0 saturated heterocycles. The van der Waals surface area contributed by atoms with Gasteiger partial charge in [-0.2, -0.15) is 5.10 Å². The molecular weight excluding hydrogens is 208 g/mol. The molecule has 78 valence electrons. The van der Waals surface area contributed by atoms with E-state index in [1.54, 1.807) is 4.68 Å². The zero-order valence-electron chi connectivity index (χ0n) is 8.68. The number of aromatic nitrogens is 2. The Morgan fingerprint density at radius 2 is 2.33 bits per heavy atom. The molecular formula is C11H12N2OS. The summed E-state index contributed by atoms with van der Waals surface area (Å²) < 4.78 is 1.80. The molecule has 0 N–H and O–H groups in total. The summed E-state index contributed by atoms with van der Waals surface area (Å²) >= 11 is 1.43. The van der Waals surface area contributed by atoms with Crippen LogP contribution in [0.3, 0.4) is 0 Å². The minimum atomic E-state index is 0.426. The molecule has 0 bridgehead atoms. The number of carbonyl (C=O) groups is 1. The number of rotatable bonds is 3. The average Bonchev–Trinajstić information content (AvgIpc) is 2.86. The highest BCUT2D eigenvalue weighted by atomic mass is 32.1. The van der Waals surface area contributed by atoms with E-state index < -0.39 is 0 Å². The number of hydrogen-bond donors (Lipinski definition) is 0. The van der Waals surface area contributed by atoms with Crippen molar-refractivity contribution in [3.8, 4) is 5.69 Å². The van der Waals surface area contributed by atoms with Crippen molar-refractivity contribution in [3.63, 3.8) is 0 Å². The maximum atomic E-state index is 10.5. The largest absolute Gasteiger partial charge is 0.297 e. The van der Waals surface area contributed by atoms with Gasteiger partial charge >= 0.3 is 0 Å². The van der Waals surface area contributed by atoms with E-state index in [1.165, 1.54) is 11.3 Å². The molecule has 0 saturated carbocycles. The Labute approximate surface area is 92.4 Å². The Morgan fingerprint density at radius 3 is 2.87 bits per heavy atom. The monoisotopic (exact) mass is 220 g/mol. The first-order valence-electron chi connectivity index (χ1n) is 4.80. The number of nitrogens with zero attached hydrogens (tertiary/aromatic N) is 2. The first-order chi connectivity index (χ1) is 7.20. The first-order valence-corrected chi connectivity index (χ1v) is 5.68. The highest BCUT2D eigenvalue weighted by Crippen LogP contribution is 2.18. The summed E-state index contributed by atoms with van der Waals surface area (Å²) in [5.41, 5.74) is 2.02. The molecule has 0 unspecified atom stereocenters. The minimum absolute atomic E-state index is 0.426. The Morgan fingerprint density at radius 1 is 1.53 bits per heavy atom. The second-order valence-electron chi connectivity index (χ2n) is 3.66. The minimum Gasteiger partial charge on any atom is -0.297 e. The van der Waals surface area contributed by atoms with E-state index >= 15 is 0 Å². The Hall–Kier alpha value is -1.42. The SMILES string of the molecule is CC(C)c1ccn(-c2csc(C=O)c2)n1. The van der Waals surface area contributed by atoms with Crippen molar-refractivity contribution in [2.45, 2.75) is 19.8 Å². The number of hydrogen-bond acceptors (Lipinski definition) is 3. The molecule has 0 aliphatic heterocycles. The molecule has 0 amide bonds. The summed E-state index contributed by atoms with van der Waals surface area (Å²) in [6.45, 7) is 4.22. The molecule has 15 heavy (non-hydrogen) atoms. The van der Waals surface area contributed by atoms with Gasteiger partial charge in [-0.05, 0) is 18.1 Å². The summed E-state index contributed by atoms with van der Waals surface area (Å²) in [5.74, 6) is 0.426. The van der Waals surface area contributed by atoms with Crippen LogP contribution in [0.25, 0.3) is 5.69 Å². The second kappa shape index (κ2) is 3.98. The zero-order valence-corrected chi connectivity index (χ0v) is 9.49. The van der Waals surface area contributed by atoms with Gasteiger partial charge in [-0.25, -0.2) is 4.68 Å². The predicted molar refractivity (Wildman–Crippen MR) is 60.9 cm³/mol. The van der Waals surface area contributed by atoms with E-state index in [0.29, 0.717) is 5.92 Å². The molecule has 2 heterocycles. The molecule has 0 radical (unpaired) electrons. The van der Waals surface area contributed by atoms with E-state index in [-0.39, 0.29) is 0 Å². The van der Waals surface area contributed by atoms with Crippen LogP contribution in [0.4, 0.5) is 0 Å². The molecule has 0 atom stereocenters. The Bertz CT molecular complexity index is 470. The fraction of sp³-hybridized carbons (Fsp3) is 0.273. The lowest BCUT2D eigenvalue weighted by molar-refractivity contribution is 0.112. The molecule has 2 aromatic heterocycles. The van der Waals surface area contributed by atoms with Gasteiger partial charge in [0, 0.05) is 11.6 Å². The smallest absolute Gasteiger partial charge is 0.160 e. The lowest BCUT2D eigenvalue weighted by atomic mass is 10.1. The van der Waals surface area contributed by atoms with Crippen molar-refractivity contribution in [1.82, 2.24) is 9.78 Å². The molecule has 0 aromatic carbocycles. The van der Waals surface area contributed by atoms with Crippen LogP contribution in [-0.2, 0) is 0 Å². The standard InChI is InChI=1S/C11H12N2OS/c1-8(2)11-3-4-13(12-11)9-5-10(6-14)15-7-9/h3-8H,1-2H3. The lowest BCUT2D eigenvalue weighted by Gasteiger charge is -1.98. The van der Waals surface area contributed by atoms with Gasteiger partial charge in [0.15, 0.2) is 6.29 Å². The first kappa shape index (κ1) is 10.1. The van der Waals surface area contributed by atoms with Crippen LogP contribution >= 0.6 is 11.3 Å². The molecule has 0 spiro atoms. The summed E-state index contributed by atoms with van der Waals surface area (Å²) in [4.78, 5) is 11.3. The van der Waals surface area contributed by atoms with E-state index in [1.807, 2.05) is 23.7 Å². The molecule has 0 fully saturated rings. The van der Waals surface area contributed by atoms with Crippen molar-refractivity contribution in [2.24, 2.45) is 0 Å². The highest BCUT2D eigenvalue weighted by molar-refractivity contribution is 7.12. The molecule has 2 rings (SSSR count). The van der Waals surface area contributed by atoms with Crippen LogP contribution in [0.2, 0.25) is 0 Å². The van der Waals surface area contributed by atoms with Crippen LogP contribution in [0.15, 0.2) is 23.7 Å². The number of thiophene rings is 1. The van der Waals surface area contributed by atoms with Crippen LogP contribution in [-0.4, -0.2) is 16.1 Å². The van der Waals surface area contributed by atoms with Crippen molar-refractivity contribution in [2.75, 3.05) is 0 Å². The fourth-order valence-electron chi connectivity index (χ4n) is 1.31. The van der Waals surface area contributed by atoms with Crippen LogP contribution in [0.5, 0.6) is 0 Å². The second-order valence-corrected chi connectivity index (χ2v) is 4.61. The Kier molecular flexibility index (Phi) is 2.68. The lowest BCUT2D eigenvalue weighted by Crippen LogP contribution is -1.95. The van der Waals surface area contributed by atoms with Gasteiger partial charge in [0.1, 0.15) is 0 Å². The maximum absolute atomic E-state index is 10.5. The van der Waals surface area contributed by atoms with Crippen molar-refractivity contribution < 1.29 is 4.79 Å². The van der Waals surface area contributed by atoms with E-state index in [0.717, 1.165) is 22.5 Å². The van der Waals surface area contributed by atoms with Gasteiger partial charge in [0.05, 0.1) is 16.3 Å². The van der Waals surface area contributed by atoms with Gasteiger partial charge in [-0.3, -0.25) is 4.79 Å². The molecule has 3 nitrogen and oxygen atoms in total. The average molecular weight is 220 g/mol. The third-order valence-corrected chi connectivity index (χ3v) is 3.03. The van der Waals surface area contributed by atoms with Crippen LogP contribution in [0.1, 0.15) is 35.1 Å². The van der Waals surface area contributed by atoms with Crippen molar-refractivity contribution in [1.29, 1.82) is 0 Å². The quantitative estimate of drug-likeness (QED) is 0.745. The summed E-state index contributed by atoms with van der Waals surface area (Å²) in [7, 11) is 0. The van der Waals surface area contributed by atoms with E-state index in [2.05, 4.69) is 18.9 Å². The van der Waals surface area contributed by atoms with Crippen molar-refractivity contribution in [3.05, 3.63) is 34.3 Å².